The van der Waals surface area contributed by atoms with E-state index in [0.29, 0.717) is 35.2 Å². The van der Waals surface area contributed by atoms with Gasteiger partial charge < -0.3 is 25.5 Å². The van der Waals surface area contributed by atoms with Gasteiger partial charge in [0.25, 0.3) is 11.5 Å². The zero-order valence-electron chi connectivity index (χ0n) is 22.4. The van der Waals surface area contributed by atoms with Crippen molar-refractivity contribution in [2.45, 2.75) is 76.2 Å². The average Bonchev–Trinajstić information content (AvgIpc) is 3.79. The van der Waals surface area contributed by atoms with Crippen LogP contribution in [0.1, 0.15) is 86.0 Å². The van der Waals surface area contributed by atoms with Gasteiger partial charge in [0.05, 0.1) is 17.9 Å². The summed E-state index contributed by atoms with van der Waals surface area (Å²) >= 11 is 0. The SMILES string of the molecule is O=C(NC1CCCCCC1)c1cc2c(C3CCCNC3)cc(-c3c(O)cccc3OCC3CC3)nc2[nH]c1=O. The lowest BCUT2D eigenvalue weighted by molar-refractivity contribution is 0.0932. The van der Waals surface area contributed by atoms with Crippen LogP contribution in [0.5, 0.6) is 11.5 Å². The molecule has 0 radical (unpaired) electrons. The summed E-state index contributed by atoms with van der Waals surface area (Å²) in [5.74, 6) is 1.10. The van der Waals surface area contributed by atoms with E-state index in [1.165, 1.54) is 25.7 Å². The van der Waals surface area contributed by atoms with E-state index < -0.39 is 5.56 Å². The smallest absolute Gasteiger partial charge is 0.262 e. The van der Waals surface area contributed by atoms with Crippen molar-refractivity contribution in [1.29, 1.82) is 0 Å². The van der Waals surface area contributed by atoms with Gasteiger partial charge in [0.1, 0.15) is 22.7 Å². The van der Waals surface area contributed by atoms with Crippen molar-refractivity contribution >= 4 is 16.9 Å². The Morgan fingerprint density at radius 2 is 1.87 bits per heavy atom. The molecule has 6 rings (SSSR count). The first-order valence-electron chi connectivity index (χ1n) is 14.6. The highest BCUT2D eigenvalue weighted by Crippen LogP contribution is 2.41. The molecule has 1 amide bonds. The third-order valence-corrected chi connectivity index (χ3v) is 8.46. The number of nitrogens with one attached hydrogen (secondary N) is 3. The number of aromatic hydroxyl groups is 1. The number of carbonyl (C=O) groups excluding carboxylic acids is 1. The molecule has 1 aromatic carbocycles. The van der Waals surface area contributed by atoms with Crippen LogP contribution in [-0.2, 0) is 0 Å². The molecule has 0 spiro atoms. The van der Waals surface area contributed by atoms with Gasteiger partial charge in [-0.05, 0) is 86.7 Å². The number of benzene rings is 1. The minimum atomic E-state index is -0.450. The Kier molecular flexibility index (Phi) is 7.55. The number of phenolic OH excluding ortho intramolecular Hbond substituents is 1. The second-order valence-electron chi connectivity index (χ2n) is 11.5. The predicted molar refractivity (Wildman–Crippen MR) is 151 cm³/mol. The molecule has 8 heteroatoms. The van der Waals surface area contributed by atoms with E-state index in [-0.39, 0.29) is 29.2 Å². The first kappa shape index (κ1) is 25.9. The van der Waals surface area contributed by atoms with Crippen LogP contribution in [0, 0.1) is 5.92 Å². The van der Waals surface area contributed by atoms with Crippen molar-refractivity contribution in [3.63, 3.8) is 0 Å². The fraction of sp³-hybridized carbons (Fsp3) is 0.516. The fourth-order valence-electron chi connectivity index (χ4n) is 6.03. The minimum absolute atomic E-state index is 0.0876. The first-order chi connectivity index (χ1) is 19.1. The second kappa shape index (κ2) is 11.4. The van der Waals surface area contributed by atoms with E-state index in [9.17, 15) is 14.7 Å². The number of rotatable bonds is 7. The summed E-state index contributed by atoms with van der Waals surface area (Å²) in [6.07, 6.45) is 10.8. The van der Waals surface area contributed by atoms with Gasteiger partial charge in [0, 0.05) is 18.0 Å². The molecule has 3 fully saturated rings. The first-order valence-corrected chi connectivity index (χ1v) is 14.6. The van der Waals surface area contributed by atoms with Crippen LogP contribution in [0.2, 0.25) is 0 Å². The van der Waals surface area contributed by atoms with Gasteiger partial charge in [0.15, 0.2) is 0 Å². The third kappa shape index (κ3) is 5.81. The molecular formula is C31H38N4O4. The van der Waals surface area contributed by atoms with Crippen molar-refractivity contribution in [2.75, 3.05) is 19.7 Å². The van der Waals surface area contributed by atoms with Crippen molar-refractivity contribution in [3.05, 3.63) is 51.8 Å². The number of hydrogen-bond donors (Lipinski definition) is 4. The quantitative estimate of drug-likeness (QED) is 0.319. The molecule has 3 aliphatic rings. The van der Waals surface area contributed by atoms with Gasteiger partial charge in [-0.1, -0.05) is 31.7 Å². The third-order valence-electron chi connectivity index (χ3n) is 8.46. The average molecular weight is 531 g/mol. The summed E-state index contributed by atoms with van der Waals surface area (Å²) in [5, 5.41) is 18.3. The molecule has 8 nitrogen and oxygen atoms in total. The summed E-state index contributed by atoms with van der Waals surface area (Å²) in [7, 11) is 0. The number of aromatic amines is 1. The molecular weight excluding hydrogens is 492 g/mol. The van der Waals surface area contributed by atoms with Crippen molar-refractivity contribution in [3.8, 4) is 22.8 Å². The molecule has 1 saturated heterocycles. The van der Waals surface area contributed by atoms with Crippen molar-refractivity contribution in [1.82, 2.24) is 20.6 Å². The lowest BCUT2D eigenvalue weighted by Crippen LogP contribution is -2.37. The Balaban J connectivity index is 1.42. The van der Waals surface area contributed by atoms with Gasteiger partial charge in [0.2, 0.25) is 0 Å². The van der Waals surface area contributed by atoms with Crippen molar-refractivity contribution < 1.29 is 14.6 Å². The van der Waals surface area contributed by atoms with Crippen LogP contribution >= 0.6 is 0 Å². The number of piperidine rings is 1. The van der Waals surface area contributed by atoms with Crippen LogP contribution in [0.4, 0.5) is 0 Å². The van der Waals surface area contributed by atoms with E-state index in [4.69, 9.17) is 9.72 Å². The molecule has 3 heterocycles. The van der Waals surface area contributed by atoms with Crippen LogP contribution in [0.25, 0.3) is 22.3 Å². The lowest BCUT2D eigenvalue weighted by Gasteiger charge is -2.25. The fourth-order valence-corrected chi connectivity index (χ4v) is 6.03. The van der Waals surface area contributed by atoms with E-state index in [2.05, 4.69) is 15.6 Å². The molecule has 4 N–H and O–H groups in total. The van der Waals surface area contributed by atoms with Crippen LogP contribution < -0.4 is 20.9 Å². The van der Waals surface area contributed by atoms with E-state index >= 15 is 0 Å². The van der Waals surface area contributed by atoms with Gasteiger partial charge >= 0.3 is 0 Å². The van der Waals surface area contributed by atoms with E-state index in [0.717, 1.165) is 62.6 Å². The largest absolute Gasteiger partial charge is 0.507 e. The molecule has 3 aromatic rings. The summed E-state index contributed by atoms with van der Waals surface area (Å²) in [5.41, 5.74) is 2.19. The molecule has 2 aromatic heterocycles. The zero-order valence-corrected chi connectivity index (χ0v) is 22.4. The Morgan fingerprint density at radius 1 is 1.05 bits per heavy atom. The Labute approximate surface area is 228 Å². The Hall–Kier alpha value is -3.39. The summed E-state index contributed by atoms with van der Waals surface area (Å²) in [4.78, 5) is 34.2. The highest BCUT2D eigenvalue weighted by atomic mass is 16.5. The van der Waals surface area contributed by atoms with E-state index in [1.807, 2.05) is 12.1 Å². The maximum Gasteiger partial charge on any atom is 0.262 e. The minimum Gasteiger partial charge on any atom is -0.507 e. The predicted octanol–water partition coefficient (Wildman–Crippen LogP) is 5.00. The summed E-state index contributed by atoms with van der Waals surface area (Å²) < 4.78 is 6.11. The number of aromatic nitrogens is 2. The number of nitrogens with zero attached hydrogens (tertiary/aromatic N) is 1. The Bertz CT molecular complexity index is 1400. The Morgan fingerprint density at radius 3 is 2.62 bits per heavy atom. The van der Waals surface area contributed by atoms with Crippen LogP contribution in [-0.4, -0.2) is 46.7 Å². The molecule has 39 heavy (non-hydrogen) atoms. The normalized spacial score (nSPS) is 20.5. The highest BCUT2D eigenvalue weighted by Gasteiger charge is 2.26. The second-order valence-corrected chi connectivity index (χ2v) is 11.5. The lowest BCUT2D eigenvalue weighted by atomic mass is 9.88. The standard InChI is InChI=1S/C31H38N4O4/c36-26-10-5-11-27(39-18-19-12-13-19)28(26)25-16-22(20-7-6-14-32-17-20)23-15-24(31(38)35-29(23)34-25)30(37)33-21-8-3-1-2-4-9-21/h5,10-11,15-16,19-21,32,36H,1-4,6-9,12-14,17-18H2,(H,33,37)(H,34,35,38). The van der Waals surface area contributed by atoms with Gasteiger partial charge in [-0.25, -0.2) is 4.98 Å². The number of pyridine rings is 2. The van der Waals surface area contributed by atoms with Crippen LogP contribution in [0.15, 0.2) is 35.1 Å². The van der Waals surface area contributed by atoms with Crippen LogP contribution in [0.3, 0.4) is 0 Å². The number of hydrogen-bond acceptors (Lipinski definition) is 6. The molecule has 2 saturated carbocycles. The highest BCUT2D eigenvalue weighted by molar-refractivity contribution is 5.98. The van der Waals surface area contributed by atoms with Gasteiger partial charge in [-0.15, -0.1) is 0 Å². The number of fused-ring (bicyclic) bond motifs is 1. The zero-order chi connectivity index (χ0) is 26.8. The van der Waals surface area contributed by atoms with Gasteiger partial charge in [-0.2, -0.15) is 0 Å². The number of carbonyl (C=O) groups is 1. The number of H-pyrrole nitrogens is 1. The maximum atomic E-state index is 13.3. The monoisotopic (exact) mass is 530 g/mol. The van der Waals surface area contributed by atoms with Gasteiger partial charge in [-0.3, -0.25) is 9.59 Å². The molecule has 1 atom stereocenters. The topological polar surface area (TPSA) is 116 Å². The summed E-state index contributed by atoms with van der Waals surface area (Å²) in [6.45, 7) is 2.38. The number of phenols is 1. The van der Waals surface area contributed by atoms with E-state index in [1.54, 1.807) is 18.2 Å². The maximum absolute atomic E-state index is 13.3. The number of ether oxygens (including phenoxy) is 1. The molecule has 206 valence electrons. The molecule has 2 aliphatic carbocycles. The summed E-state index contributed by atoms with van der Waals surface area (Å²) in [6, 6.07) is 9.09. The molecule has 1 aliphatic heterocycles. The molecule has 1 unspecified atom stereocenters. The van der Waals surface area contributed by atoms with Crippen molar-refractivity contribution in [2.24, 2.45) is 5.92 Å². The molecule has 0 bridgehead atoms. The number of amides is 1.